The molecule has 0 bridgehead atoms. The van der Waals surface area contributed by atoms with E-state index in [2.05, 4.69) is 9.94 Å². The molecule has 2 aromatic heterocycles. The maximum Gasteiger partial charge on any atom is 0.347 e. The minimum absolute atomic E-state index is 0.0127. The maximum atomic E-state index is 14.4. The zero-order valence-corrected chi connectivity index (χ0v) is 28.4. The van der Waals surface area contributed by atoms with Crippen molar-refractivity contribution >= 4 is 55.6 Å². The fourth-order valence-electron chi connectivity index (χ4n) is 4.60. The number of carbonyl (C=O) groups excluding carboxylic acids is 2. The number of aromatic nitrogens is 2. The van der Waals surface area contributed by atoms with Gasteiger partial charge in [-0.25, -0.2) is 13.9 Å². The number of hydrogen-bond donors (Lipinski definition) is 0. The van der Waals surface area contributed by atoms with Gasteiger partial charge in [0.2, 0.25) is 0 Å². The number of rotatable bonds is 14. The third kappa shape index (κ3) is 8.83. The summed E-state index contributed by atoms with van der Waals surface area (Å²) in [7, 11) is 1.75. The van der Waals surface area contributed by atoms with E-state index >= 15 is 0 Å². The average Bonchev–Trinajstić information content (AvgIpc) is 3.66. The van der Waals surface area contributed by atoms with E-state index < -0.39 is 40.1 Å². The molecule has 0 saturated heterocycles. The van der Waals surface area contributed by atoms with Gasteiger partial charge in [-0.05, 0) is 79.1 Å². The number of nitrogens with zero attached hydrogens (tertiary/aromatic N) is 3. The highest BCUT2D eigenvalue weighted by atomic mass is 32.9. The minimum Gasteiger partial charge on any atom is -0.465 e. The van der Waals surface area contributed by atoms with Crippen molar-refractivity contribution in [2.75, 3.05) is 19.5 Å². The summed E-state index contributed by atoms with van der Waals surface area (Å²) in [5, 5.41) is 14.0. The molecular formula is C32H26FN3O8S4. The van der Waals surface area contributed by atoms with Crippen molar-refractivity contribution in [1.82, 2.24) is 9.78 Å². The Balaban J connectivity index is 1.51. The first-order valence-electron chi connectivity index (χ1n) is 14.3. The Kier molecular flexibility index (Phi) is 11.5. The molecule has 1 unspecified atom stereocenters. The van der Waals surface area contributed by atoms with Crippen LogP contribution in [0.1, 0.15) is 28.9 Å². The topological polar surface area (TPSA) is 140 Å². The molecule has 0 fully saturated rings. The van der Waals surface area contributed by atoms with Crippen LogP contribution >= 0.6 is 32.9 Å². The second kappa shape index (κ2) is 16.0. The van der Waals surface area contributed by atoms with Crippen LogP contribution in [0.2, 0.25) is 0 Å². The van der Waals surface area contributed by atoms with Crippen molar-refractivity contribution in [3.63, 3.8) is 0 Å². The molecular weight excluding hydrogens is 702 g/mol. The quantitative estimate of drug-likeness (QED) is 0.0219. The average molecular weight is 728 g/mol. The number of esters is 2. The molecule has 248 valence electrons. The minimum atomic E-state index is -1.27. The van der Waals surface area contributed by atoms with Crippen molar-refractivity contribution < 1.29 is 37.6 Å². The summed E-state index contributed by atoms with van der Waals surface area (Å²) in [4.78, 5) is 43.1. The third-order valence-electron chi connectivity index (χ3n) is 6.80. The van der Waals surface area contributed by atoms with Crippen LogP contribution in [0.15, 0.2) is 83.8 Å². The highest BCUT2D eigenvalue weighted by Crippen LogP contribution is 2.33. The Morgan fingerprint density at radius 3 is 2.35 bits per heavy atom. The van der Waals surface area contributed by atoms with Gasteiger partial charge in [0, 0.05) is 32.4 Å². The normalized spacial score (nSPS) is 11.5. The zero-order valence-electron chi connectivity index (χ0n) is 25.2. The lowest BCUT2D eigenvalue weighted by Crippen LogP contribution is -2.15. The van der Waals surface area contributed by atoms with Gasteiger partial charge in [-0.3, -0.25) is 9.00 Å². The van der Waals surface area contributed by atoms with Gasteiger partial charge < -0.3 is 14.3 Å². The Hall–Kier alpha value is -4.64. The van der Waals surface area contributed by atoms with Gasteiger partial charge in [0.1, 0.15) is 21.0 Å². The van der Waals surface area contributed by atoms with Gasteiger partial charge >= 0.3 is 11.9 Å². The van der Waals surface area contributed by atoms with Crippen LogP contribution in [0.4, 0.5) is 4.39 Å². The van der Waals surface area contributed by atoms with Gasteiger partial charge in [-0.15, -0.1) is 10.1 Å². The van der Waals surface area contributed by atoms with E-state index in [-0.39, 0.29) is 48.0 Å². The predicted molar refractivity (Wildman–Crippen MR) is 182 cm³/mol. The summed E-state index contributed by atoms with van der Waals surface area (Å²) >= 11 is 5.23. The Morgan fingerprint density at radius 1 is 1.00 bits per heavy atom. The lowest BCUT2D eigenvalue weighted by atomic mass is 10.0. The van der Waals surface area contributed by atoms with Crippen molar-refractivity contribution in [2.24, 2.45) is 0 Å². The molecule has 11 nitrogen and oxygen atoms in total. The van der Waals surface area contributed by atoms with Gasteiger partial charge in [0.25, 0.3) is 5.09 Å². The molecule has 0 aliphatic rings. The van der Waals surface area contributed by atoms with Crippen molar-refractivity contribution in [3.05, 3.63) is 110 Å². The largest absolute Gasteiger partial charge is 0.465 e. The molecule has 2 heterocycles. The number of unbranched alkanes of at least 4 members (excludes halogenated alkanes) is 1. The smallest absolute Gasteiger partial charge is 0.347 e. The van der Waals surface area contributed by atoms with Crippen LogP contribution in [0.25, 0.3) is 27.4 Å². The lowest BCUT2D eigenvalue weighted by Gasteiger charge is -2.11. The molecule has 0 amide bonds. The first-order valence-corrected chi connectivity index (χ1v) is 18.4. The van der Waals surface area contributed by atoms with Crippen molar-refractivity contribution in [2.45, 2.75) is 24.2 Å². The number of ether oxygens (including phenoxy) is 2. The first kappa shape index (κ1) is 34.7. The van der Waals surface area contributed by atoms with Crippen LogP contribution in [-0.2, 0) is 31.6 Å². The monoisotopic (exact) mass is 727 g/mol. The summed E-state index contributed by atoms with van der Waals surface area (Å²) in [6, 6.07) is 20.9. The second-order valence-electron chi connectivity index (χ2n) is 10.1. The van der Waals surface area contributed by atoms with Crippen LogP contribution in [0, 0.1) is 19.8 Å². The Morgan fingerprint density at radius 2 is 1.71 bits per heavy atom. The van der Waals surface area contributed by atoms with Gasteiger partial charge in [0.15, 0.2) is 0 Å². The summed E-state index contributed by atoms with van der Waals surface area (Å²) in [5.41, 5.74) is 1.81. The molecule has 0 N–H and O–H groups in total. The van der Waals surface area contributed by atoms with E-state index in [4.69, 9.17) is 21.7 Å². The van der Waals surface area contributed by atoms with Crippen molar-refractivity contribution in [3.8, 4) is 33.1 Å². The summed E-state index contributed by atoms with van der Waals surface area (Å²) in [6.07, 6.45) is 1.68. The van der Waals surface area contributed by atoms with E-state index in [9.17, 15) is 28.3 Å². The van der Waals surface area contributed by atoms with Crippen LogP contribution in [0.5, 0.6) is 5.75 Å². The fourth-order valence-corrected chi connectivity index (χ4v) is 7.52. The van der Waals surface area contributed by atoms with Crippen LogP contribution < -0.4 is 4.74 Å². The van der Waals surface area contributed by atoms with E-state index in [0.717, 1.165) is 14.3 Å². The van der Waals surface area contributed by atoms with Crippen LogP contribution in [-0.4, -0.2) is 50.5 Å². The fraction of sp³-hybridized carbons (Fsp3) is 0.188. The molecule has 0 aliphatic carbocycles. The molecule has 16 heteroatoms. The SMILES string of the molecule is CS(=O)c1ccc(-c2c(C(=O)Oc3ccc(-c4cc(=S)ss4)cc3)c(CC(=O)OCCCCO[N+](=O)[O-])nn2-c2cccc(F)c2)cc1. The highest BCUT2D eigenvalue weighted by molar-refractivity contribution is 7.84. The standard InChI is InChI=1S/C32H26FN3O8S4/c1-48(41)25-13-9-21(10-14-25)31-30(32(38)44-24-11-7-20(8-12-24)27-19-29(45)47-46-27)26(34-35(31)23-6-4-5-22(33)17-23)18-28(37)42-15-2-3-16-43-36(39)40/h4-14,17,19H,2-3,15-16,18H2,1H3. The summed E-state index contributed by atoms with van der Waals surface area (Å²) in [6.45, 7) is -0.187. The molecule has 0 saturated carbocycles. The molecule has 0 aliphatic heterocycles. The number of benzene rings is 3. The third-order valence-corrected chi connectivity index (χ3v) is 10.6. The van der Waals surface area contributed by atoms with Gasteiger partial charge in [0.05, 0.1) is 36.7 Å². The molecule has 3 aromatic carbocycles. The van der Waals surface area contributed by atoms with E-state index in [0.29, 0.717) is 16.9 Å². The second-order valence-corrected chi connectivity index (χ2v) is 14.4. The molecule has 1 atom stereocenters. The number of hydrogen-bond acceptors (Lipinski definition) is 12. The number of carbonyl (C=O) groups is 2. The molecule has 48 heavy (non-hydrogen) atoms. The van der Waals surface area contributed by atoms with Crippen LogP contribution in [0.3, 0.4) is 0 Å². The Labute approximate surface area is 288 Å². The first-order chi connectivity index (χ1) is 23.1. The van der Waals surface area contributed by atoms with Crippen molar-refractivity contribution in [1.29, 1.82) is 0 Å². The van der Waals surface area contributed by atoms with E-state index in [1.54, 1.807) is 54.6 Å². The molecule has 0 spiro atoms. The molecule has 0 radical (unpaired) electrons. The summed E-state index contributed by atoms with van der Waals surface area (Å²) in [5.74, 6) is -1.86. The Bertz CT molecular complexity index is 2020. The van der Waals surface area contributed by atoms with Gasteiger partial charge in [-0.2, -0.15) is 5.10 Å². The number of halogens is 1. The van der Waals surface area contributed by atoms with Gasteiger partial charge in [-0.1, -0.05) is 51.1 Å². The highest BCUT2D eigenvalue weighted by Gasteiger charge is 2.29. The summed E-state index contributed by atoms with van der Waals surface area (Å²) < 4.78 is 39.8. The molecule has 5 aromatic rings. The lowest BCUT2D eigenvalue weighted by molar-refractivity contribution is -0.757. The van der Waals surface area contributed by atoms with E-state index in [1.807, 2.05) is 6.07 Å². The van der Waals surface area contributed by atoms with E-state index in [1.165, 1.54) is 49.8 Å². The predicted octanol–water partition coefficient (Wildman–Crippen LogP) is 7.23. The maximum absolute atomic E-state index is 14.4. The zero-order chi connectivity index (χ0) is 34.2. The molecule has 5 rings (SSSR count).